The van der Waals surface area contributed by atoms with Crippen LogP contribution in [0.2, 0.25) is 0 Å². The summed E-state index contributed by atoms with van der Waals surface area (Å²) in [5.41, 5.74) is 3.49. The zero-order valence-corrected chi connectivity index (χ0v) is 25.9. The lowest BCUT2D eigenvalue weighted by Gasteiger charge is -2.37. The molecule has 12 heteroatoms. The molecule has 0 radical (unpaired) electrons. The highest BCUT2D eigenvalue weighted by Gasteiger charge is 2.34. The Morgan fingerprint density at radius 1 is 1.07 bits per heavy atom. The Bertz CT molecular complexity index is 1960. The Kier molecular flexibility index (Phi) is 8.20. The van der Waals surface area contributed by atoms with Gasteiger partial charge in [-0.3, -0.25) is 9.36 Å². The molecule has 0 aliphatic carbocycles. The topological polar surface area (TPSA) is 147 Å². The van der Waals surface area contributed by atoms with Crippen molar-refractivity contribution in [3.05, 3.63) is 64.8 Å². The molecule has 2 fully saturated rings. The van der Waals surface area contributed by atoms with E-state index in [2.05, 4.69) is 11.9 Å². The Hall–Kier alpha value is -4.71. The SMILES string of the molecule is C[C@H]1CN(C(=O)CCCOCCc2nc(N3CCC[C@H]3C(=O)O)c3oc4ccccc4c3n2)CC[C@@H]1n1c(=O)[nH]c2ccccc21. The fourth-order valence-electron chi connectivity index (χ4n) is 7.10. The number of amides is 1. The number of carboxylic acids is 1. The zero-order chi connectivity index (χ0) is 31.8. The molecule has 2 aromatic carbocycles. The van der Waals surface area contributed by atoms with Crippen LogP contribution in [0.5, 0.6) is 0 Å². The second-order valence-corrected chi connectivity index (χ2v) is 12.4. The summed E-state index contributed by atoms with van der Waals surface area (Å²) in [4.78, 5) is 53.9. The minimum Gasteiger partial charge on any atom is -0.480 e. The standard InChI is InChI=1S/C34H38N6O6/c1-21-20-38(17-14-24(21)40-25-10-4-3-9-23(25)35-34(40)44)29(41)13-7-18-45-19-15-28-36-30-22-8-2-5-12-27(22)46-31(30)32(37-28)39-16-6-11-26(39)33(42)43/h2-5,8-10,12,21,24,26H,6-7,11,13-20H2,1H3,(H,35,44)(H,42,43)/t21-,24-,26-/m0/s1. The first-order chi connectivity index (χ1) is 22.4. The van der Waals surface area contributed by atoms with Crippen molar-refractivity contribution >= 4 is 50.8 Å². The number of benzene rings is 2. The number of piperidine rings is 1. The van der Waals surface area contributed by atoms with Crippen LogP contribution >= 0.6 is 0 Å². The molecule has 3 aromatic heterocycles. The lowest BCUT2D eigenvalue weighted by molar-refractivity contribution is -0.138. The number of ether oxygens (including phenoxy) is 1. The molecular formula is C34H38N6O6. The minimum atomic E-state index is -0.872. The Morgan fingerprint density at radius 3 is 2.74 bits per heavy atom. The van der Waals surface area contributed by atoms with Gasteiger partial charge in [-0.05, 0) is 55.9 Å². The maximum Gasteiger partial charge on any atom is 0.326 e. The molecule has 5 aromatic rings. The molecule has 2 N–H and O–H groups in total. The number of nitrogens with zero attached hydrogens (tertiary/aromatic N) is 5. The van der Waals surface area contributed by atoms with E-state index in [4.69, 9.17) is 19.1 Å². The normalized spacial score (nSPS) is 20.3. The highest BCUT2D eigenvalue weighted by molar-refractivity contribution is 6.06. The summed E-state index contributed by atoms with van der Waals surface area (Å²) < 4.78 is 13.9. The fraction of sp³-hybridized carbons (Fsp3) is 0.441. The Morgan fingerprint density at radius 2 is 1.89 bits per heavy atom. The van der Waals surface area contributed by atoms with Crippen LogP contribution in [-0.4, -0.2) is 80.3 Å². The van der Waals surface area contributed by atoms with Crippen molar-refractivity contribution in [3.8, 4) is 0 Å². The van der Waals surface area contributed by atoms with Crippen LogP contribution < -0.4 is 10.6 Å². The predicted octanol–water partition coefficient (Wildman–Crippen LogP) is 4.52. The average Bonchev–Trinajstić information content (AvgIpc) is 3.77. The summed E-state index contributed by atoms with van der Waals surface area (Å²) in [5.74, 6) is 0.450. The smallest absolute Gasteiger partial charge is 0.326 e. The minimum absolute atomic E-state index is 0.0403. The number of para-hydroxylation sites is 3. The summed E-state index contributed by atoms with van der Waals surface area (Å²) in [6.07, 6.45) is 3.48. The first-order valence-corrected chi connectivity index (χ1v) is 16.1. The van der Waals surface area contributed by atoms with Gasteiger partial charge in [-0.1, -0.05) is 31.2 Å². The molecule has 46 heavy (non-hydrogen) atoms. The van der Waals surface area contributed by atoms with Crippen molar-refractivity contribution in [1.82, 2.24) is 24.4 Å². The number of furan rings is 1. The molecule has 0 spiro atoms. The average molecular weight is 627 g/mol. The summed E-state index contributed by atoms with van der Waals surface area (Å²) in [5, 5.41) is 10.7. The fourth-order valence-corrected chi connectivity index (χ4v) is 7.10. The first kappa shape index (κ1) is 30.0. The number of likely N-dealkylation sites (tertiary alicyclic amines) is 1. The van der Waals surface area contributed by atoms with Crippen LogP contribution in [0.15, 0.2) is 57.7 Å². The van der Waals surface area contributed by atoms with E-state index < -0.39 is 12.0 Å². The van der Waals surface area contributed by atoms with Crippen molar-refractivity contribution in [1.29, 1.82) is 0 Å². The van der Waals surface area contributed by atoms with Gasteiger partial charge < -0.3 is 29.0 Å². The third kappa shape index (κ3) is 5.61. The first-order valence-electron chi connectivity index (χ1n) is 16.1. The van der Waals surface area contributed by atoms with Crippen LogP contribution in [0.3, 0.4) is 0 Å². The number of hydrogen-bond donors (Lipinski definition) is 2. The van der Waals surface area contributed by atoms with Gasteiger partial charge in [-0.2, -0.15) is 0 Å². The van der Waals surface area contributed by atoms with Gasteiger partial charge in [0, 0.05) is 50.5 Å². The van der Waals surface area contributed by atoms with Crippen molar-refractivity contribution in [3.63, 3.8) is 0 Å². The van der Waals surface area contributed by atoms with Crippen LogP contribution in [0.25, 0.3) is 33.1 Å². The van der Waals surface area contributed by atoms with E-state index >= 15 is 0 Å². The number of aromatic amines is 1. The van der Waals surface area contributed by atoms with Gasteiger partial charge in [0.15, 0.2) is 11.4 Å². The molecule has 0 unspecified atom stereocenters. The molecule has 5 heterocycles. The molecule has 0 bridgehead atoms. The number of anilines is 1. The van der Waals surface area contributed by atoms with Crippen LogP contribution in [0.1, 0.15) is 50.9 Å². The maximum absolute atomic E-state index is 13.0. The second-order valence-electron chi connectivity index (χ2n) is 12.4. The molecule has 240 valence electrons. The number of aromatic nitrogens is 4. The van der Waals surface area contributed by atoms with Gasteiger partial charge in [-0.25, -0.2) is 19.6 Å². The second kappa shape index (κ2) is 12.6. The molecule has 1 amide bonds. The van der Waals surface area contributed by atoms with Gasteiger partial charge in [-0.15, -0.1) is 0 Å². The van der Waals surface area contributed by atoms with Crippen LogP contribution in [0.4, 0.5) is 5.82 Å². The van der Waals surface area contributed by atoms with E-state index in [9.17, 15) is 19.5 Å². The van der Waals surface area contributed by atoms with Crippen molar-refractivity contribution < 1.29 is 23.8 Å². The van der Waals surface area contributed by atoms with Crippen molar-refractivity contribution in [2.75, 3.05) is 37.7 Å². The summed E-state index contributed by atoms with van der Waals surface area (Å²) in [6.45, 7) is 4.72. The zero-order valence-electron chi connectivity index (χ0n) is 25.9. The summed E-state index contributed by atoms with van der Waals surface area (Å²) >= 11 is 0. The number of carbonyl (C=O) groups excluding carboxylic acids is 1. The number of fused-ring (bicyclic) bond motifs is 4. The summed E-state index contributed by atoms with van der Waals surface area (Å²) in [7, 11) is 0. The number of H-pyrrole nitrogens is 1. The third-order valence-electron chi connectivity index (χ3n) is 9.38. The molecule has 2 aliphatic rings. The highest BCUT2D eigenvalue weighted by Crippen LogP contribution is 2.36. The van der Waals surface area contributed by atoms with E-state index in [0.717, 1.165) is 29.3 Å². The quantitative estimate of drug-likeness (QED) is 0.214. The highest BCUT2D eigenvalue weighted by atomic mass is 16.5. The van der Waals surface area contributed by atoms with Crippen LogP contribution in [0, 0.1) is 5.92 Å². The third-order valence-corrected chi connectivity index (χ3v) is 9.38. The number of nitrogens with one attached hydrogen (secondary N) is 1. The molecular weight excluding hydrogens is 588 g/mol. The number of rotatable bonds is 10. The van der Waals surface area contributed by atoms with Gasteiger partial charge in [0.05, 0.1) is 17.6 Å². The van der Waals surface area contributed by atoms with Gasteiger partial charge in [0.2, 0.25) is 5.91 Å². The molecule has 2 saturated heterocycles. The van der Waals surface area contributed by atoms with E-state index in [0.29, 0.717) is 86.9 Å². The largest absolute Gasteiger partial charge is 0.480 e. The predicted molar refractivity (Wildman–Crippen MR) is 173 cm³/mol. The Labute approximate surface area is 265 Å². The number of aliphatic carboxylic acids is 1. The van der Waals surface area contributed by atoms with Gasteiger partial charge >= 0.3 is 11.7 Å². The summed E-state index contributed by atoms with van der Waals surface area (Å²) in [6, 6.07) is 14.7. The van der Waals surface area contributed by atoms with Crippen LogP contribution in [-0.2, 0) is 20.7 Å². The molecule has 12 nitrogen and oxygen atoms in total. The monoisotopic (exact) mass is 626 g/mol. The van der Waals surface area contributed by atoms with E-state index in [1.165, 1.54) is 0 Å². The number of carbonyl (C=O) groups is 2. The maximum atomic E-state index is 13.0. The Balaban J connectivity index is 0.935. The lowest BCUT2D eigenvalue weighted by atomic mass is 9.93. The van der Waals surface area contributed by atoms with E-state index in [1.54, 1.807) is 0 Å². The lowest BCUT2D eigenvalue weighted by Crippen LogP contribution is -2.45. The van der Waals surface area contributed by atoms with Gasteiger partial charge in [0.25, 0.3) is 0 Å². The van der Waals surface area contributed by atoms with E-state index in [1.807, 2.05) is 62.9 Å². The number of hydrogen-bond acceptors (Lipinski definition) is 8. The van der Waals surface area contributed by atoms with Crippen molar-refractivity contribution in [2.45, 2.75) is 57.5 Å². The van der Waals surface area contributed by atoms with Gasteiger partial charge in [0.1, 0.15) is 23.0 Å². The molecule has 7 rings (SSSR count). The molecule has 3 atom stereocenters. The number of imidazole rings is 1. The van der Waals surface area contributed by atoms with E-state index in [-0.39, 0.29) is 23.6 Å². The van der Waals surface area contributed by atoms with Crippen molar-refractivity contribution in [2.24, 2.45) is 5.92 Å². The molecule has 0 saturated carbocycles. The molecule has 2 aliphatic heterocycles. The number of carboxylic acid groups (broad SMARTS) is 1.